The molecule has 90 valence electrons. The van der Waals surface area contributed by atoms with Crippen LogP contribution in [0.25, 0.3) is 0 Å². The maximum absolute atomic E-state index is 12.0. The van der Waals surface area contributed by atoms with Crippen LogP contribution in [0.1, 0.15) is 6.92 Å². The van der Waals surface area contributed by atoms with E-state index < -0.39 is 10.0 Å². The molecule has 0 N–H and O–H groups in total. The number of rotatable bonds is 4. The molecule has 1 unspecified atom stereocenters. The fourth-order valence-electron chi connectivity index (χ4n) is 1.26. The first-order valence-corrected chi connectivity index (χ1v) is 6.95. The number of sulfonamides is 1. The molecule has 1 aromatic rings. The molecular formula is C10H13Cl2NO2S. The van der Waals surface area contributed by atoms with Crippen LogP contribution in [0.15, 0.2) is 29.2 Å². The van der Waals surface area contributed by atoms with Gasteiger partial charge in [0.2, 0.25) is 10.0 Å². The Hall–Kier alpha value is -0.290. The summed E-state index contributed by atoms with van der Waals surface area (Å²) in [7, 11) is -2.00. The van der Waals surface area contributed by atoms with E-state index in [2.05, 4.69) is 0 Å². The summed E-state index contributed by atoms with van der Waals surface area (Å²) in [6.07, 6.45) is 0. The second-order valence-electron chi connectivity index (χ2n) is 3.52. The molecule has 1 atom stereocenters. The number of hydrogen-bond donors (Lipinski definition) is 0. The normalized spacial score (nSPS) is 14.1. The molecule has 0 spiro atoms. The lowest BCUT2D eigenvalue weighted by Crippen LogP contribution is -2.31. The number of nitrogens with zero attached hydrogens (tertiary/aromatic N) is 1. The van der Waals surface area contributed by atoms with E-state index in [1.807, 2.05) is 0 Å². The molecule has 0 radical (unpaired) electrons. The van der Waals surface area contributed by atoms with Crippen molar-refractivity contribution in [2.75, 3.05) is 13.6 Å². The highest BCUT2D eigenvalue weighted by Gasteiger charge is 2.21. The van der Waals surface area contributed by atoms with Crippen LogP contribution in [0.2, 0.25) is 5.02 Å². The van der Waals surface area contributed by atoms with Crippen molar-refractivity contribution in [1.82, 2.24) is 4.31 Å². The third kappa shape index (κ3) is 3.35. The summed E-state index contributed by atoms with van der Waals surface area (Å²) in [5, 5.41) is 0.160. The maximum Gasteiger partial charge on any atom is 0.242 e. The Morgan fingerprint density at radius 1 is 1.44 bits per heavy atom. The first-order chi connectivity index (χ1) is 7.34. The van der Waals surface area contributed by atoms with Crippen LogP contribution in [0.5, 0.6) is 0 Å². The second kappa shape index (κ2) is 5.36. The van der Waals surface area contributed by atoms with Gasteiger partial charge in [-0.2, -0.15) is 4.31 Å². The summed E-state index contributed by atoms with van der Waals surface area (Å²) >= 11 is 11.5. The molecule has 16 heavy (non-hydrogen) atoms. The van der Waals surface area contributed by atoms with Crippen molar-refractivity contribution in [1.29, 1.82) is 0 Å². The van der Waals surface area contributed by atoms with Crippen LogP contribution < -0.4 is 0 Å². The molecule has 1 aromatic carbocycles. The van der Waals surface area contributed by atoms with E-state index >= 15 is 0 Å². The molecule has 3 nitrogen and oxygen atoms in total. The van der Waals surface area contributed by atoms with E-state index in [1.54, 1.807) is 19.1 Å². The molecule has 6 heteroatoms. The van der Waals surface area contributed by atoms with E-state index in [0.717, 1.165) is 0 Å². The minimum atomic E-state index is -3.49. The molecule has 0 saturated heterocycles. The van der Waals surface area contributed by atoms with Crippen LogP contribution in [-0.2, 0) is 10.0 Å². The Morgan fingerprint density at radius 3 is 2.56 bits per heavy atom. The van der Waals surface area contributed by atoms with Gasteiger partial charge in [-0.25, -0.2) is 8.42 Å². The van der Waals surface area contributed by atoms with E-state index in [-0.39, 0.29) is 16.8 Å². The second-order valence-corrected chi connectivity index (χ2v) is 6.75. The van der Waals surface area contributed by atoms with Gasteiger partial charge in [0, 0.05) is 24.0 Å². The highest BCUT2D eigenvalue weighted by molar-refractivity contribution is 7.89. The lowest BCUT2D eigenvalue weighted by atomic mass is 10.4. The van der Waals surface area contributed by atoms with E-state index in [1.165, 1.54) is 23.5 Å². The van der Waals surface area contributed by atoms with Crippen LogP contribution in [0.3, 0.4) is 0 Å². The number of hydrogen-bond acceptors (Lipinski definition) is 2. The van der Waals surface area contributed by atoms with Gasteiger partial charge in [0.1, 0.15) is 0 Å². The predicted octanol–water partition coefficient (Wildman–Crippen LogP) is 2.59. The minimum absolute atomic E-state index is 0.180. The number of alkyl halides is 1. The van der Waals surface area contributed by atoms with E-state index in [4.69, 9.17) is 23.2 Å². The fourth-order valence-corrected chi connectivity index (χ4v) is 3.11. The lowest BCUT2D eigenvalue weighted by molar-refractivity contribution is 0.470. The van der Waals surface area contributed by atoms with Gasteiger partial charge in [-0.1, -0.05) is 17.7 Å². The van der Waals surface area contributed by atoms with Crippen LogP contribution in [0.4, 0.5) is 0 Å². The third-order valence-electron chi connectivity index (χ3n) is 2.01. The average Bonchev–Trinajstić information content (AvgIpc) is 2.16. The summed E-state index contributed by atoms with van der Waals surface area (Å²) < 4.78 is 25.3. The summed E-state index contributed by atoms with van der Waals surface area (Å²) in [5.41, 5.74) is 0. The smallest absolute Gasteiger partial charge is 0.207 e. The van der Waals surface area contributed by atoms with Gasteiger partial charge in [0.05, 0.1) is 4.90 Å². The van der Waals surface area contributed by atoms with Gasteiger partial charge in [-0.15, -0.1) is 11.6 Å². The molecule has 0 aliphatic rings. The number of halogens is 2. The Morgan fingerprint density at radius 2 is 2.06 bits per heavy atom. The molecule has 0 heterocycles. The molecule has 0 fully saturated rings. The third-order valence-corrected chi connectivity index (χ3v) is 4.21. The largest absolute Gasteiger partial charge is 0.242 e. The van der Waals surface area contributed by atoms with E-state index in [0.29, 0.717) is 5.02 Å². The summed E-state index contributed by atoms with van der Waals surface area (Å²) in [5.74, 6) is 0. The van der Waals surface area contributed by atoms with Gasteiger partial charge >= 0.3 is 0 Å². The highest BCUT2D eigenvalue weighted by Crippen LogP contribution is 2.19. The Balaban J connectivity index is 3.02. The molecule has 0 aliphatic heterocycles. The first kappa shape index (κ1) is 13.8. The summed E-state index contributed by atoms with van der Waals surface area (Å²) in [6, 6.07) is 6.17. The first-order valence-electron chi connectivity index (χ1n) is 4.70. The zero-order chi connectivity index (χ0) is 12.3. The topological polar surface area (TPSA) is 37.4 Å². The van der Waals surface area contributed by atoms with Crippen molar-refractivity contribution in [2.24, 2.45) is 0 Å². The average molecular weight is 282 g/mol. The van der Waals surface area contributed by atoms with Crippen molar-refractivity contribution in [2.45, 2.75) is 17.2 Å². The summed E-state index contributed by atoms with van der Waals surface area (Å²) in [6.45, 7) is 2.00. The van der Waals surface area contributed by atoms with Gasteiger partial charge in [0.15, 0.2) is 0 Å². The highest BCUT2D eigenvalue weighted by atomic mass is 35.5. The maximum atomic E-state index is 12.0. The SMILES string of the molecule is CC(Cl)CN(C)S(=O)(=O)c1cccc(Cl)c1. The van der Waals surface area contributed by atoms with E-state index in [9.17, 15) is 8.42 Å². The van der Waals surface area contributed by atoms with Crippen LogP contribution in [0, 0.1) is 0 Å². The van der Waals surface area contributed by atoms with Crippen molar-refractivity contribution < 1.29 is 8.42 Å². The van der Waals surface area contributed by atoms with Crippen molar-refractivity contribution >= 4 is 33.2 Å². The molecule has 0 aliphatic carbocycles. The molecular weight excluding hydrogens is 269 g/mol. The standard InChI is InChI=1S/C10H13Cl2NO2S/c1-8(11)7-13(2)16(14,15)10-5-3-4-9(12)6-10/h3-6,8H,7H2,1-2H3. The van der Waals surface area contributed by atoms with Gasteiger partial charge < -0.3 is 0 Å². The van der Waals surface area contributed by atoms with Crippen LogP contribution >= 0.6 is 23.2 Å². The molecule has 0 saturated carbocycles. The van der Waals surface area contributed by atoms with Crippen molar-refractivity contribution in [3.63, 3.8) is 0 Å². The molecule has 1 rings (SSSR count). The van der Waals surface area contributed by atoms with Gasteiger partial charge in [-0.05, 0) is 25.1 Å². The molecule has 0 aromatic heterocycles. The molecule has 0 amide bonds. The Kier molecular flexibility index (Phi) is 4.62. The quantitative estimate of drug-likeness (QED) is 0.796. The predicted molar refractivity (Wildman–Crippen MR) is 66.6 cm³/mol. The zero-order valence-electron chi connectivity index (χ0n) is 9.02. The monoisotopic (exact) mass is 281 g/mol. The van der Waals surface area contributed by atoms with Crippen LogP contribution in [-0.4, -0.2) is 31.7 Å². The zero-order valence-corrected chi connectivity index (χ0v) is 11.4. The van der Waals surface area contributed by atoms with Crippen molar-refractivity contribution in [3.8, 4) is 0 Å². The van der Waals surface area contributed by atoms with Crippen molar-refractivity contribution in [3.05, 3.63) is 29.3 Å². The lowest BCUT2D eigenvalue weighted by Gasteiger charge is -2.18. The summed E-state index contributed by atoms with van der Waals surface area (Å²) in [4.78, 5) is 0.180. The Labute approximate surface area is 106 Å². The van der Waals surface area contributed by atoms with Gasteiger partial charge in [-0.3, -0.25) is 0 Å². The molecule has 0 bridgehead atoms. The Bertz CT molecular complexity index is 460. The van der Waals surface area contributed by atoms with Gasteiger partial charge in [0.25, 0.3) is 0 Å². The number of benzene rings is 1. The minimum Gasteiger partial charge on any atom is -0.207 e. The fraction of sp³-hybridized carbons (Fsp3) is 0.400.